The van der Waals surface area contributed by atoms with Crippen molar-refractivity contribution in [3.63, 3.8) is 0 Å². The minimum Gasteiger partial charge on any atom is -0.258 e. The van der Waals surface area contributed by atoms with Crippen LogP contribution < -0.4 is 0 Å². The highest BCUT2D eigenvalue weighted by Gasteiger charge is 2.26. The molecule has 0 atom stereocenters. The number of halogens is 3. The molecule has 0 aliphatic carbocycles. The summed E-state index contributed by atoms with van der Waals surface area (Å²) in [5, 5.41) is 11.3. The molecule has 0 aromatic heterocycles. The van der Waals surface area contributed by atoms with Crippen molar-refractivity contribution < 1.29 is 4.92 Å². The van der Waals surface area contributed by atoms with Crippen molar-refractivity contribution in [3.05, 3.63) is 56.2 Å². The summed E-state index contributed by atoms with van der Waals surface area (Å²) in [5.41, 5.74) is 4.33. The average Bonchev–Trinajstić information content (AvgIpc) is 2.38. The fourth-order valence-electron chi connectivity index (χ4n) is 1.91. The number of nitro groups is 1. The van der Waals surface area contributed by atoms with Crippen LogP contribution in [0.15, 0.2) is 24.3 Å². The summed E-state index contributed by atoms with van der Waals surface area (Å²) in [5.74, 6) is 0. The third-order valence-corrected chi connectivity index (χ3v) is 6.75. The first-order valence-corrected chi connectivity index (χ1v) is 8.96. The van der Waals surface area contributed by atoms with Gasteiger partial charge in [-0.15, -0.1) is 0 Å². The van der Waals surface area contributed by atoms with Gasteiger partial charge in [-0.1, -0.05) is 29.8 Å². The minimum absolute atomic E-state index is 0.208. The zero-order valence-electron chi connectivity index (χ0n) is 10.7. The van der Waals surface area contributed by atoms with Gasteiger partial charge in [-0.25, -0.2) is 0 Å². The lowest BCUT2D eigenvalue weighted by Gasteiger charge is -2.13. The first-order valence-electron chi connectivity index (χ1n) is 5.73. The molecule has 0 saturated heterocycles. The largest absolute Gasteiger partial charge is 0.296 e. The Bertz CT molecular complexity index is 697. The quantitative estimate of drug-likeness (QED) is 0.251. The Morgan fingerprint density at radius 3 is 2.00 bits per heavy atom. The molecule has 2 aromatic carbocycles. The van der Waals surface area contributed by atoms with E-state index in [9.17, 15) is 10.1 Å². The molecule has 104 valence electrons. The van der Waals surface area contributed by atoms with E-state index in [1.807, 2.05) is 38.1 Å². The molecule has 0 heterocycles. The van der Waals surface area contributed by atoms with Crippen LogP contribution in [0.2, 0.25) is 0 Å². The van der Waals surface area contributed by atoms with Gasteiger partial charge >= 0.3 is 0 Å². The molecule has 6 heteroatoms. The summed E-state index contributed by atoms with van der Waals surface area (Å²) in [4.78, 5) is 11.0. The van der Waals surface area contributed by atoms with Crippen LogP contribution in [0, 0.1) is 34.7 Å². The molecule has 2 aromatic rings. The van der Waals surface area contributed by atoms with Crippen LogP contribution in [0.5, 0.6) is 0 Å². The van der Waals surface area contributed by atoms with Gasteiger partial charge < -0.3 is 0 Å². The summed E-state index contributed by atoms with van der Waals surface area (Å²) >= 11 is 6.42. The van der Waals surface area contributed by atoms with Crippen molar-refractivity contribution >= 4 is 73.5 Å². The van der Waals surface area contributed by atoms with Crippen LogP contribution in [0.25, 0.3) is 11.1 Å². The smallest absolute Gasteiger partial charge is 0.258 e. The van der Waals surface area contributed by atoms with E-state index in [4.69, 9.17) is 0 Å². The molecule has 0 spiro atoms. The number of hydrogen-bond donors (Lipinski definition) is 0. The van der Waals surface area contributed by atoms with Crippen molar-refractivity contribution in [2.45, 2.75) is 13.8 Å². The molecule has 0 unspecified atom stereocenters. The Hall–Kier alpha value is 0.0300. The maximum absolute atomic E-state index is 11.3. The SMILES string of the molecule is Cc1ccc(-c2c(I)c(C)c(I)c([N+](=O)[O-])c2I)cc1. The van der Waals surface area contributed by atoms with E-state index in [0.717, 1.165) is 23.8 Å². The maximum Gasteiger partial charge on any atom is 0.296 e. The third kappa shape index (κ3) is 2.96. The lowest BCUT2D eigenvalue weighted by Crippen LogP contribution is -2.03. The standard InChI is InChI=1S/C14H10I3NO2/c1-7-3-5-9(6-4-7)10-11(15)8(2)12(16)14(13(10)17)18(19)20/h3-6H,1-2H3. The molecule has 0 aliphatic rings. The van der Waals surface area contributed by atoms with Crippen LogP contribution in [0.4, 0.5) is 5.69 Å². The number of nitro benzene ring substituents is 1. The number of benzene rings is 2. The highest BCUT2D eigenvalue weighted by atomic mass is 127. The lowest BCUT2D eigenvalue weighted by molar-refractivity contribution is -0.386. The normalized spacial score (nSPS) is 10.7. The molecule has 0 amide bonds. The van der Waals surface area contributed by atoms with E-state index >= 15 is 0 Å². The van der Waals surface area contributed by atoms with Crippen molar-refractivity contribution in [1.29, 1.82) is 0 Å². The predicted octanol–water partition coefficient (Wildman–Crippen LogP) is 5.69. The summed E-state index contributed by atoms with van der Waals surface area (Å²) < 4.78 is 2.50. The summed E-state index contributed by atoms with van der Waals surface area (Å²) in [6.45, 7) is 3.96. The predicted molar refractivity (Wildman–Crippen MR) is 106 cm³/mol. The third-order valence-electron chi connectivity index (χ3n) is 3.04. The van der Waals surface area contributed by atoms with E-state index in [2.05, 4.69) is 67.8 Å². The number of hydrogen-bond acceptors (Lipinski definition) is 2. The topological polar surface area (TPSA) is 43.1 Å². The molecular formula is C14H10I3NO2. The molecule has 0 radical (unpaired) electrons. The number of aryl methyl sites for hydroxylation is 1. The van der Waals surface area contributed by atoms with Crippen LogP contribution in [0.3, 0.4) is 0 Å². The minimum atomic E-state index is -0.287. The van der Waals surface area contributed by atoms with Crippen LogP contribution >= 0.6 is 67.8 Å². The van der Waals surface area contributed by atoms with Gasteiger partial charge in [0.05, 0.1) is 8.49 Å². The van der Waals surface area contributed by atoms with Gasteiger partial charge in [-0.2, -0.15) is 0 Å². The highest BCUT2D eigenvalue weighted by Crippen LogP contribution is 2.41. The van der Waals surface area contributed by atoms with Gasteiger partial charge in [-0.3, -0.25) is 10.1 Å². The first-order chi connectivity index (χ1) is 9.34. The first kappa shape index (κ1) is 16.4. The molecule has 0 fully saturated rings. The fraction of sp³-hybridized carbons (Fsp3) is 0.143. The monoisotopic (exact) mass is 605 g/mol. The Labute approximate surface area is 158 Å². The summed E-state index contributed by atoms with van der Waals surface area (Å²) in [6.07, 6.45) is 0. The van der Waals surface area contributed by atoms with Gasteiger partial charge in [0.15, 0.2) is 0 Å². The average molecular weight is 605 g/mol. The second-order valence-electron chi connectivity index (χ2n) is 4.41. The molecule has 2 rings (SSSR count). The van der Waals surface area contributed by atoms with Crippen LogP contribution in [-0.2, 0) is 0 Å². The van der Waals surface area contributed by atoms with Gasteiger partial charge in [-0.05, 0) is 92.7 Å². The van der Waals surface area contributed by atoms with Gasteiger partial charge in [0, 0.05) is 9.13 Å². The van der Waals surface area contributed by atoms with E-state index in [1.165, 1.54) is 5.56 Å². The molecule has 0 N–H and O–H groups in total. The van der Waals surface area contributed by atoms with Crippen LogP contribution in [-0.4, -0.2) is 4.92 Å². The second kappa shape index (κ2) is 6.42. The van der Waals surface area contributed by atoms with Crippen molar-refractivity contribution in [3.8, 4) is 11.1 Å². The summed E-state index contributed by atoms with van der Waals surface area (Å²) in [6, 6.07) is 8.09. The van der Waals surface area contributed by atoms with Crippen molar-refractivity contribution in [2.24, 2.45) is 0 Å². The van der Waals surface area contributed by atoms with E-state index in [1.54, 1.807) is 0 Å². The molecule has 3 nitrogen and oxygen atoms in total. The van der Waals surface area contributed by atoms with E-state index in [-0.39, 0.29) is 10.6 Å². The highest BCUT2D eigenvalue weighted by molar-refractivity contribution is 14.1. The van der Waals surface area contributed by atoms with E-state index in [0.29, 0.717) is 3.57 Å². The Kier molecular flexibility index (Phi) is 5.27. The number of nitrogens with zero attached hydrogens (tertiary/aromatic N) is 1. The molecule has 0 bridgehead atoms. The van der Waals surface area contributed by atoms with Crippen molar-refractivity contribution in [1.82, 2.24) is 0 Å². The molecule has 20 heavy (non-hydrogen) atoms. The lowest BCUT2D eigenvalue weighted by atomic mass is 10.0. The zero-order valence-corrected chi connectivity index (χ0v) is 17.2. The Morgan fingerprint density at radius 2 is 1.50 bits per heavy atom. The fourth-order valence-corrected chi connectivity index (χ4v) is 6.09. The van der Waals surface area contributed by atoms with Crippen molar-refractivity contribution in [2.75, 3.05) is 0 Å². The molecule has 0 saturated carbocycles. The second-order valence-corrected chi connectivity index (χ2v) is 7.65. The zero-order chi connectivity index (χ0) is 15.0. The van der Waals surface area contributed by atoms with Crippen LogP contribution in [0.1, 0.15) is 11.1 Å². The van der Waals surface area contributed by atoms with Gasteiger partial charge in [0.25, 0.3) is 5.69 Å². The summed E-state index contributed by atoms with van der Waals surface area (Å²) in [7, 11) is 0. The van der Waals surface area contributed by atoms with E-state index < -0.39 is 0 Å². The molecule has 0 aliphatic heterocycles. The molecular weight excluding hydrogens is 595 g/mol. The van der Waals surface area contributed by atoms with Gasteiger partial charge in [0.1, 0.15) is 3.57 Å². The Morgan fingerprint density at radius 1 is 0.950 bits per heavy atom. The number of rotatable bonds is 2. The maximum atomic E-state index is 11.3. The Balaban J connectivity index is 2.82. The van der Waals surface area contributed by atoms with Gasteiger partial charge in [0.2, 0.25) is 0 Å².